The zero-order chi connectivity index (χ0) is 23.9. The molecule has 0 radical (unpaired) electrons. The predicted molar refractivity (Wildman–Crippen MR) is 146 cm³/mol. The van der Waals surface area contributed by atoms with Crippen LogP contribution in [0.15, 0.2) is 70.4 Å². The molecule has 1 rings (SSSR count). The zero-order valence-corrected chi connectivity index (χ0v) is 22.4. The molecule has 0 amide bonds. The number of rotatable bonds is 14. The van der Waals surface area contributed by atoms with E-state index in [-0.39, 0.29) is 0 Å². The first-order valence-electron chi connectivity index (χ1n) is 13.1. The highest BCUT2D eigenvalue weighted by atomic mass is 14.8. The molecular formula is C31H51N. The second-order valence-electron chi connectivity index (χ2n) is 9.79. The predicted octanol–water partition coefficient (Wildman–Crippen LogP) is 9.27. The lowest BCUT2D eigenvalue weighted by Crippen LogP contribution is -2.18. The van der Waals surface area contributed by atoms with E-state index in [1.165, 1.54) is 49.7 Å². The molecule has 2 atom stereocenters. The Bertz CT molecular complexity index is 724. The Labute approximate surface area is 200 Å². The van der Waals surface area contributed by atoms with Crippen molar-refractivity contribution >= 4 is 0 Å². The summed E-state index contributed by atoms with van der Waals surface area (Å²) < 4.78 is 0. The molecule has 1 aliphatic rings. The maximum atomic E-state index is 3.37. The summed E-state index contributed by atoms with van der Waals surface area (Å²) in [5.74, 6) is 1.38. The number of likely N-dealkylation sites (N-methyl/N-ethyl adjacent to an activating group) is 1. The Kier molecular flexibility index (Phi) is 14.3. The molecule has 0 heterocycles. The van der Waals surface area contributed by atoms with Crippen molar-refractivity contribution in [2.75, 3.05) is 7.05 Å². The molecule has 2 unspecified atom stereocenters. The van der Waals surface area contributed by atoms with Crippen LogP contribution in [-0.2, 0) is 0 Å². The molecule has 0 saturated heterocycles. The van der Waals surface area contributed by atoms with Gasteiger partial charge >= 0.3 is 0 Å². The van der Waals surface area contributed by atoms with Crippen LogP contribution in [0, 0.1) is 11.8 Å². The average molecular weight is 438 g/mol. The van der Waals surface area contributed by atoms with Gasteiger partial charge in [-0.3, -0.25) is 0 Å². The number of hydrogen-bond donors (Lipinski definition) is 1. The fraction of sp³-hybridized carbons (Fsp3) is 0.613. The molecule has 0 saturated carbocycles. The smallest absolute Gasteiger partial charge is 0.0221 e. The second-order valence-corrected chi connectivity index (χ2v) is 9.79. The molecule has 0 aromatic carbocycles. The molecule has 32 heavy (non-hydrogen) atoms. The summed E-state index contributed by atoms with van der Waals surface area (Å²) in [6, 6.07) is 0.380. The van der Waals surface area contributed by atoms with Crippen LogP contribution in [0.2, 0.25) is 0 Å². The fourth-order valence-electron chi connectivity index (χ4n) is 4.53. The lowest BCUT2D eigenvalue weighted by molar-refractivity contribution is 0.526. The molecule has 1 heteroatoms. The quantitative estimate of drug-likeness (QED) is 0.211. The standard InChI is InChI=1S/C31H51N/c1-9-12-17-28-22-20-25(6)29(15-11-3)31(28)30(19-13-10-2)27(18-14-16-24(4)5)23-21-26(7)32-8/h10-11,13,15,20-21,23-24,26,28,32H,9,12,14,16-19,22H2,1-8H3/b13-10-,15-11-,23-21-,30-27+. The molecule has 0 spiro atoms. The molecule has 1 N–H and O–H groups in total. The van der Waals surface area contributed by atoms with Crippen LogP contribution in [0.5, 0.6) is 0 Å². The summed E-state index contributed by atoms with van der Waals surface area (Å²) in [7, 11) is 2.04. The Balaban J connectivity index is 3.70. The van der Waals surface area contributed by atoms with Gasteiger partial charge in [0.1, 0.15) is 0 Å². The maximum absolute atomic E-state index is 3.37. The van der Waals surface area contributed by atoms with Crippen LogP contribution in [0.4, 0.5) is 0 Å². The number of hydrogen-bond acceptors (Lipinski definition) is 1. The fourth-order valence-corrected chi connectivity index (χ4v) is 4.53. The van der Waals surface area contributed by atoms with Crippen LogP contribution in [0.25, 0.3) is 0 Å². The second kappa shape index (κ2) is 16.1. The third-order valence-corrected chi connectivity index (χ3v) is 6.61. The minimum absolute atomic E-state index is 0.380. The molecule has 1 aliphatic carbocycles. The molecule has 0 fully saturated rings. The van der Waals surface area contributed by atoms with Crippen LogP contribution in [0.1, 0.15) is 99.8 Å². The van der Waals surface area contributed by atoms with Crippen molar-refractivity contribution in [1.29, 1.82) is 0 Å². The van der Waals surface area contributed by atoms with E-state index < -0.39 is 0 Å². The van der Waals surface area contributed by atoms with Crippen LogP contribution < -0.4 is 5.32 Å². The largest absolute Gasteiger partial charge is 0.314 e. The first kappa shape index (κ1) is 28.4. The van der Waals surface area contributed by atoms with Gasteiger partial charge in [-0.25, -0.2) is 0 Å². The van der Waals surface area contributed by atoms with Crippen molar-refractivity contribution in [2.24, 2.45) is 11.8 Å². The van der Waals surface area contributed by atoms with Gasteiger partial charge in [0.15, 0.2) is 0 Å². The lowest BCUT2D eigenvalue weighted by atomic mass is 9.74. The average Bonchev–Trinajstić information content (AvgIpc) is 2.77. The third-order valence-electron chi connectivity index (χ3n) is 6.61. The Morgan fingerprint density at radius 1 is 1.16 bits per heavy atom. The van der Waals surface area contributed by atoms with Crippen molar-refractivity contribution in [1.82, 2.24) is 5.32 Å². The molecule has 180 valence electrons. The van der Waals surface area contributed by atoms with Gasteiger partial charge in [-0.2, -0.15) is 0 Å². The number of unbranched alkanes of at least 4 members (excludes halogenated alkanes) is 1. The minimum Gasteiger partial charge on any atom is -0.314 e. The van der Waals surface area contributed by atoms with E-state index in [9.17, 15) is 0 Å². The highest BCUT2D eigenvalue weighted by Crippen LogP contribution is 2.41. The zero-order valence-electron chi connectivity index (χ0n) is 22.4. The molecule has 0 bridgehead atoms. The van der Waals surface area contributed by atoms with E-state index in [1.807, 2.05) is 7.05 Å². The number of allylic oxidation sites excluding steroid dienone is 11. The van der Waals surface area contributed by atoms with E-state index >= 15 is 0 Å². The van der Waals surface area contributed by atoms with Gasteiger partial charge in [-0.1, -0.05) is 82.6 Å². The van der Waals surface area contributed by atoms with Crippen molar-refractivity contribution in [3.05, 3.63) is 70.4 Å². The summed E-state index contributed by atoms with van der Waals surface area (Å²) in [6.07, 6.45) is 26.2. The third kappa shape index (κ3) is 9.49. The topological polar surface area (TPSA) is 12.0 Å². The highest BCUT2D eigenvalue weighted by Gasteiger charge is 2.25. The highest BCUT2D eigenvalue weighted by molar-refractivity contribution is 5.56. The van der Waals surface area contributed by atoms with Gasteiger partial charge < -0.3 is 5.32 Å². The SMILES string of the molecule is C/C=C\C/C(C1=C(/C=C\C)C(C)=CCC1CCCC)=C(\C=C/C(C)NC)CCCC(C)C. The van der Waals surface area contributed by atoms with Gasteiger partial charge in [0.05, 0.1) is 0 Å². The van der Waals surface area contributed by atoms with E-state index in [0.717, 1.165) is 18.8 Å². The van der Waals surface area contributed by atoms with Crippen LogP contribution >= 0.6 is 0 Å². The van der Waals surface area contributed by atoms with E-state index in [2.05, 4.69) is 96.3 Å². The Hall–Kier alpha value is -1.60. The van der Waals surface area contributed by atoms with Gasteiger partial charge in [-0.05, 0) is 107 Å². The summed E-state index contributed by atoms with van der Waals surface area (Å²) in [6.45, 7) is 15.8. The van der Waals surface area contributed by atoms with E-state index in [0.29, 0.717) is 12.0 Å². The molecular weight excluding hydrogens is 386 g/mol. The van der Waals surface area contributed by atoms with E-state index in [1.54, 1.807) is 16.7 Å². The molecule has 0 aliphatic heterocycles. The minimum atomic E-state index is 0.380. The summed E-state index contributed by atoms with van der Waals surface area (Å²) >= 11 is 0. The van der Waals surface area contributed by atoms with Gasteiger partial charge in [0.25, 0.3) is 0 Å². The molecule has 0 aromatic rings. The van der Waals surface area contributed by atoms with Gasteiger partial charge in [-0.15, -0.1) is 0 Å². The van der Waals surface area contributed by atoms with Crippen LogP contribution in [0.3, 0.4) is 0 Å². The normalized spacial score (nSPS) is 19.5. The van der Waals surface area contributed by atoms with Crippen molar-refractivity contribution in [3.63, 3.8) is 0 Å². The van der Waals surface area contributed by atoms with Gasteiger partial charge in [0, 0.05) is 6.04 Å². The summed E-state index contributed by atoms with van der Waals surface area (Å²) in [5, 5.41) is 3.37. The maximum Gasteiger partial charge on any atom is 0.0221 e. The monoisotopic (exact) mass is 437 g/mol. The first-order chi connectivity index (χ1) is 15.4. The first-order valence-corrected chi connectivity index (χ1v) is 13.1. The molecule has 1 nitrogen and oxygen atoms in total. The van der Waals surface area contributed by atoms with Crippen molar-refractivity contribution in [2.45, 2.75) is 106 Å². The summed E-state index contributed by atoms with van der Waals surface area (Å²) in [5.41, 5.74) is 7.65. The molecule has 0 aromatic heterocycles. The summed E-state index contributed by atoms with van der Waals surface area (Å²) in [4.78, 5) is 0. The Morgan fingerprint density at radius 2 is 1.91 bits per heavy atom. The van der Waals surface area contributed by atoms with Gasteiger partial charge in [0.2, 0.25) is 0 Å². The van der Waals surface area contributed by atoms with Crippen molar-refractivity contribution < 1.29 is 0 Å². The van der Waals surface area contributed by atoms with Crippen molar-refractivity contribution in [3.8, 4) is 0 Å². The van der Waals surface area contributed by atoms with E-state index in [4.69, 9.17) is 0 Å². The van der Waals surface area contributed by atoms with Crippen LogP contribution in [-0.4, -0.2) is 13.1 Å². The lowest BCUT2D eigenvalue weighted by Gasteiger charge is -2.30. The number of nitrogens with one attached hydrogen (secondary N) is 1. The Morgan fingerprint density at radius 3 is 2.50 bits per heavy atom.